The first-order valence-corrected chi connectivity index (χ1v) is 12.3. The van der Waals surface area contributed by atoms with Crippen molar-refractivity contribution in [2.24, 2.45) is 0 Å². The van der Waals surface area contributed by atoms with Crippen molar-refractivity contribution in [2.45, 2.75) is 24.2 Å². The predicted molar refractivity (Wildman–Crippen MR) is 125 cm³/mol. The van der Waals surface area contributed by atoms with Crippen LogP contribution >= 0.6 is 22.9 Å². The standard InChI is InChI=1S/C22H20ClN3O3S2/c1-2-13-26(19-11-4-3-9-17(19)23)31(28,29)16-8-5-7-15(14-16)21(27)25-22-24-18-10-6-12-20(18)30-22/h2-5,7-9,11,14H,1,6,10,12-13H2,(H,24,25,27). The van der Waals surface area contributed by atoms with Gasteiger partial charge in [0.1, 0.15) is 0 Å². The first kappa shape index (κ1) is 21.5. The summed E-state index contributed by atoms with van der Waals surface area (Å²) in [6.45, 7) is 3.69. The van der Waals surface area contributed by atoms with Gasteiger partial charge in [-0.1, -0.05) is 35.9 Å². The normalized spacial score (nSPS) is 12.9. The van der Waals surface area contributed by atoms with Crippen LogP contribution in [0.5, 0.6) is 0 Å². The molecule has 0 bridgehead atoms. The molecule has 1 amide bonds. The van der Waals surface area contributed by atoms with Gasteiger partial charge >= 0.3 is 0 Å². The van der Waals surface area contributed by atoms with Crippen molar-refractivity contribution in [3.63, 3.8) is 0 Å². The van der Waals surface area contributed by atoms with Crippen LogP contribution in [-0.4, -0.2) is 25.9 Å². The van der Waals surface area contributed by atoms with E-state index >= 15 is 0 Å². The molecule has 0 unspecified atom stereocenters. The van der Waals surface area contributed by atoms with E-state index in [1.807, 2.05) is 0 Å². The molecule has 6 nitrogen and oxygen atoms in total. The van der Waals surface area contributed by atoms with Gasteiger partial charge in [0, 0.05) is 10.4 Å². The lowest BCUT2D eigenvalue weighted by molar-refractivity contribution is 0.102. The van der Waals surface area contributed by atoms with Crippen LogP contribution in [-0.2, 0) is 22.9 Å². The Hall–Kier alpha value is -2.68. The molecule has 0 spiro atoms. The molecule has 3 aromatic rings. The average Bonchev–Trinajstić information content (AvgIpc) is 3.34. The minimum absolute atomic E-state index is 0.0106. The lowest BCUT2D eigenvalue weighted by Gasteiger charge is -2.24. The van der Waals surface area contributed by atoms with E-state index in [0.29, 0.717) is 15.8 Å². The van der Waals surface area contributed by atoms with Gasteiger partial charge in [0.25, 0.3) is 15.9 Å². The first-order valence-electron chi connectivity index (χ1n) is 9.68. The summed E-state index contributed by atoms with van der Waals surface area (Å²) in [7, 11) is -3.98. The van der Waals surface area contributed by atoms with Crippen LogP contribution in [0.15, 0.2) is 66.1 Å². The number of thiazole rings is 1. The first-order chi connectivity index (χ1) is 14.9. The Kier molecular flexibility index (Phi) is 6.13. The lowest BCUT2D eigenvalue weighted by Crippen LogP contribution is -2.31. The highest BCUT2D eigenvalue weighted by atomic mass is 35.5. The zero-order valence-corrected chi connectivity index (χ0v) is 18.9. The second kappa shape index (κ2) is 8.82. The number of para-hydroxylation sites is 1. The average molecular weight is 474 g/mol. The molecule has 0 fully saturated rings. The third-order valence-corrected chi connectivity index (χ3v) is 8.08. The molecule has 1 heterocycles. The van der Waals surface area contributed by atoms with Gasteiger partial charge in [0.15, 0.2) is 5.13 Å². The molecule has 0 saturated heterocycles. The van der Waals surface area contributed by atoms with E-state index in [1.165, 1.54) is 38.7 Å². The summed E-state index contributed by atoms with van der Waals surface area (Å²) >= 11 is 7.71. The number of aromatic nitrogens is 1. The van der Waals surface area contributed by atoms with Crippen molar-refractivity contribution in [3.05, 3.63) is 82.3 Å². The molecule has 0 atom stereocenters. The number of hydrogen-bond acceptors (Lipinski definition) is 5. The van der Waals surface area contributed by atoms with Crippen molar-refractivity contribution < 1.29 is 13.2 Å². The van der Waals surface area contributed by atoms with Gasteiger partial charge in [-0.25, -0.2) is 13.4 Å². The van der Waals surface area contributed by atoms with Gasteiger partial charge in [0.2, 0.25) is 0 Å². The molecule has 1 aliphatic rings. The van der Waals surface area contributed by atoms with Gasteiger partial charge in [0.05, 0.1) is 27.8 Å². The lowest BCUT2D eigenvalue weighted by atomic mass is 10.2. The number of carbonyl (C=O) groups is 1. The number of hydrogen-bond donors (Lipinski definition) is 1. The monoisotopic (exact) mass is 473 g/mol. The van der Waals surface area contributed by atoms with Crippen LogP contribution in [0.25, 0.3) is 0 Å². The SMILES string of the molecule is C=CCN(c1ccccc1Cl)S(=O)(=O)c1cccc(C(=O)Nc2nc3c(s2)CCC3)c1. The van der Waals surface area contributed by atoms with Gasteiger partial charge in [-0.3, -0.25) is 14.4 Å². The number of nitrogens with one attached hydrogen (secondary N) is 1. The van der Waals surface area contributed by atoms with Crippen LogP contribution < -0.4 is 9.62 Å². The molecule has 1 aromatic heterocycles. The molecule has 0 radical (unpaired) electrons. The number of halogens is 1. The number of nitrogens with zero attached hydrogens (tertiary/aromatic N) is 2. The van der Waals surface area contributed by atoms with Crippen molar-refractivity contribution >= 4 is 49.7 Å². The fourth-order valence-electron chi connectivity index (χ4n) is 3.44. The zero-order valence-electron chi connectivity index (χ0n) is 16.5. The van der Waals surface area contributed by atoms with Crippen molar-refractivity contribution in [1.29, 1.82) is 0 Å². The van der Waals surface area contributed by atoms with E-state index in [1.54, 1.807) is 36.4 Å². The number of rotatable bonds is 7. The molecule has 160 valence electrons. The van der Waals surface area contributed by atoms with Gasteiger partial charge in [-0.2, -0.15) is 0 Å². The van der Waals surface area contributed by atoms with Crippen LogP contribution in [0.3, 0.4) is 0 Å². The van der Waals surface area contributed by atoms with E-state index in [2.05, 4.69) is 16.9 Å². The number of aryl methyl sites for hydroxylation is 2. The van der Waals surface area contributed by atoms with E-state index < -0.39 is 15.9 Å². The molecule has 1 N–H and O–H groups in total. The fourth-order valence-corrected chi connectivity index (χ4v) is 6.27. The molecule has 1 aliphatic carbocycles. The fraction of sp³-hybridized carbons (Fsp3) is 0.182. The Labute approximate surface area is 190 Å². The third-order valence-electron chi connectivity index (χ3n) is 4.92. The number of fused-ring (bicyclic) bond motifs is 1. The Morgan fingerprint density at radius 3 is 2.77 bits per heavy atom. The number of sulfonamides is 1. The van der Waals surface area contributed by atoms with Crippen molar-refractivity contribution in [3.8, 4) is 0 Å². The van der Waals surface area contributed by atoms with Crippen LogP contribution in [0.1, 0.15) is 27.3 Å². The molecule has 4 rings (SSSR count). The van der Waals surface area contributed by atoms with Gasteiger partial charge in [-0.15, -0.1) is 17.9 Å². The Balaban J connectivity index is 1.63. The quantitative estimate of drug-likeness (QED) is 0.494. The smallest absolute Gasteiger partial charge is 0.264 e. The summed E-state index contributed by atoms with van der Waals surface area (Å²) in [6.07, 6.45) is 4.49. The summed E-state index contributed by atoms with van der Waals surface area (Å²) in [6, 6.07) is 12.6. The van der Waals surface area contributed by atoms with Crippen LogP contribution in [0.2, 0.25) is 5.02 Å². The molecule has 0 aliphatic heterocycles. The molecule has 31 heavy (non-hydrogen) atoms. The summed E-state index contributed by atoms with van der Waals surface area (Å²) in [5, 5.41) is 3.62. The van der Waals surface area contributed by atoms with Gasteiger partial charge in [-0.05, 0) is 49.6 Å². The maximum Gasteiger partial charge on any atom is 0.264 e. The van der Waals surface area contributed by atoms with Gasteiger partial charge < -0.3 is 0 Å². The molecular formula is C22H20ClN3O3S2. The Morgan fingerprint density at radius 1 is 1.23 bits per heavy atom. The third kappa shape index (κ3) is 4.37. The maximum absolute atomic E-state index is 13.4. The molecular weight excluding hydrogens is 454 g/mol. The molecule has 2 aromatic carbocycles. The second-order valence-electron chi connectivity index (χ2n) is 7.00. The molecule has 9 heteroatoms. The summed E-state index contributed by atoms with van der Waals surface area (Å²) in [5.74, 6) is -0.405. The van der Waals surface area contributed by atoms with E-state index in [9.17, 15) is 13.2 Å². The Bertz CT molecular complexity index is 1230. The van der Waals surface area contributed by atoms with E-state index in [4.69, 9.17) is 11.6 Å². The predicted octanol–water partition coefficient (Wildman–Crippen LogP) is 4.92. The van der Waals surface area contributed by atoms with Crippen molar-refractivity contribution in [1.82, 2.24) is 4.98 Å². The maximum atomic E-state index is 13.4. The van der Waals surface area contributed by atoms with Crippen LogP contribution in [0.4, 0.5) is 10.8 Å². The largest absolute Gasteiger partial charge is 0.298 e. The minimum atomic E-state index is -3.98. The second-order valence-corrected chi connectivity index (χ2v) is 10.4. The van der Waals surface area contributed by atoms with E-state index in [-0.39, 0.29) is 17.0 Å². The minimum Gasteiger partial charge on any atom is -0.298 e. The number of carbonyl (C=O) groups excluding carboxylic acids is 1. The highest BCUT2D eigenvalue weighted by molar-refractivity contribution is 7.92. The number of anilines is 2. The molecule has 0 saturated carbocycles. The Morgan fingerprint density at radius 2 is 2.03 bits per heavy atom. The summed E-state index contributed by atoms with van der Waals surface area (Å²) < 4.78 is 27.9. The number of amides is 1. The zero-order chi connectivity index (χ0) is 22.0. The van der Waals surface area contributed by atoms with Crippen molar-refractivity contribution in [2.75, 3.05) is 16.2 Å². The summed E-state index contributed by atoms with van der Waals surface area (Å²) in [5.41, 5.74) is 1.61. The van der Waals surface area contributed by atoms with E-state index in [0.717, 1.165) is 25.0 Å². The van der Waals surface area contributed by atoms with Crippen LogP contribution in [0, 0.1) is 0 Å². The summed E-state index contributed by atoms with van der Waals surface area (Å²) in [4.78, 5) is 18.4. The highest BCUT2D eigenvalue weighted by Gasteiger charge is 2.26. The highest BCUT2D eigenvalue weighted by Crippen LogP contribution is 2.32. The topological polar surface area (TPSA) is 79.4 Å². The number of benzene rings is 2.